The van der Waals surface area contributed by atoms with Crippen LogP contribution in [-0.2, 0) is 4.74 Å². The van der Waals surface area contributed by atoms with Crippen LogP contribution < -0.4 is 10.1 Å². The molecule has 1 aromatic heterocycles. The van der Waals surface area contributed by atoms with Crippen molar-refractivity contribution in [1.82, 2.24) is 4.98 Å². The topological polar surface area (TPSA) is 60.5 Å². The lowest BCUT2D eigenvalue weighted by atomic mass is 10.3. The first-order chi connectivity index (χ1) is 9.53. The average molecular weight is 317 g/mol. The zero-order valence-corrected chi connectivity index (χ0v) is 12.1. The highest BCUT2D eigenvalue weighted by Gasteiger charge is 2.17. The van der Waals surface area contributed by atoms with Crippen LogP contribution in [0.3, 0.4) is 0 Å². The minimum absolute atomic E-state index is 0.0349. The van der Waals surface area contributed by atoms with Gasteiger partial charge in [0.05, 0.1) is 14.2 Å². The Labute approximate surface area is 123 Å². The van der Waals surface area contributed by atoms with E-state index in [0.717, 1.165) is 11.3 Å². The Morgan fingerprint density at radius 3 is 2.80 bits per heavy atom. The third kappa shape index (κ3) is 3.17. The Bertz CT molecular complexity index is 648. The summed E-state index contributed by atoms with van der Waals surface area (Å²) in [5.74, 6) is -0.664. The van der Waals surface area contributed by atoms with Crippen LogP contribution in [0.15, 0.2) is 18.2 Å². The van der Waals surface area contributed by atoms with Crippen LogP contribution in [0.5, 0.6) is 5.75 Å². The summed E-state index contributed by atoms with van der Waals surface area (Å²) >= 11 is 6.85. The van der Waals surface area contributed by atoms with Gasteiger partial charge in [-0.05, 0) is 6.07 Å². The van der Waals surface area contributed by atoms with E-state index in [2.05, 4.69) is 15.0 Å². The summed E-state index contributed by atoms with van der Waals surface area (Å²) in [7, 11) is 2.69. The van der Waals surface area contributed by atoms with Gasteiger partial charge in [0.1, 0.15) is 11.6 Å². The molecule has 0 aliphatic rings. The second kappa shape index (κ2) is 6.06. The number of carbonyl (C=O) groups excluding carboxylic acids is 1. The van der Waals surface area contributed by atoms with Gasteiger partial charge >= 0.3 is 5.97 Å². The summed E-state index contributed by atoms with van der Waals surface area (Å²) in [6, 6.07) is 4.12. The molecule has 0 saturated carbocycles. The first kappa shape index (κ1) is 14.5. The van der Waals surface area contributed by atoms with E-state index in [1.54, 1.807) is 6.07 Å². The fourth-order valence-corrected chi connectivity index (χ4v) is 2.57. The lowest BCUT2D eigenvalue weighted by molar-refractivity contribution is 0.0606. The van der Waals surface area contributed by atoms with Gasteiger partial charge < -0.3 is 14.8 Å². The maximum atomic E-state index is 13.3. The fourth-order valence-electron chi connectivity index (χ4n) is 1.45. The van der Waals surface area contributed by atoms with Crippen LogP contribution in [0.4, 0.5) is 15.2 Å². The molecule has 0 amide bonds. The molecule has 1 heterocycles. The monoisotopic (exact) mass is 316 g/mol. The van der Waals surface area contributed by atoms with Gasteiger partial charge in [-0.1, -0.05) is 22.9 Å². The van der Waals surface area contributed by atoms with E-state index in [1.165, 1.54) is 26.4 Å². The van der Waals surface area contributed by atoms with Gasteiger partial charge in [-0.2, -0.15) is 0 Å². The Morgan fingerprint density at radius 2 is 2.15 bits per heavy atom. The molecular weight excluding hydrogens is 307 g/mol. The average Bonchev–Trinajstić information content (AvgIpc) is 2.77. The Kier molecular flexibility index (Phi) is 4.41. The highest BCUT2D eigenvalue weighted by molar-refractivity contribution is 7.18. The molecule has 0 aliphatic heterocycles. The molecule has 20 heavy (non-hydrogen) atoms. The molecule has 0 spiro atoms. The number of hydrogen-bond donors (Lipinski definition) is 1. The summed E-state index contributed by atoms with van der Waals surface area (Å²) < 4.78 is 22.9. The van der Waals surface area contributed by atoms with Crippen molar-refractivity contribution >= 4 is 39.7 Å². The maximum Gasteiger partial charge on any atom is 0.351 e. The molecule has 0 unspecified atom stereocenters. The van der Waals surface area contributed by atoms with Crippen LogP contribution in [-0.4, -0.2) is 25.2 Å². The van der Waals surface area contributed by atoms with Gasteiger partial charge in [0, 0.05) is 17.8 Å². The lowest BCUT2D eigenvalue weighted by Crippen LogP contribution is -1.98. The van der Waals surface area contributed by atoms with Crippen LogP contribution in [0, 0.1) is 5.82 Å². The molecule has 2 rings (SSSR count). The zero-order valence-electron chi connectivity index (χ0n) is 10.6. The van der Waals surface area contributed by atoms with Gasteiger partial charge in [0.15, 0.2) is 15.2 Å². The van der Waals surface area contributed by atoms with Gasteiger partial charge in [-0.3, -0.25) is 0 Å². The van der Waals surface area contributed by atoms with Crippen molar-refractivity contribution in [1.29, 1.82) is 0 Å². The van der Waals surface area contributed by atoms with Crippen LogP contribution in [0.1, 0.15) is 9.67 Å². The molecule has 0 radical (unpaired) electrons. The Hall–Kier alpha value is -1.86. The number of nitrogens with one attached hydrogen (secondary N) is 1. The van der Waals surface area contributed by atoms with E-state index in [-0.39, 0.29) is 10.0 Å². The molecule has 0 aliphatic carbocycles. The highest BCUT2D eigenvalue weighted by atomic mass is 35.5. The van der Waals surface area contributed by atoms with E-state index < -0.39 is 11.8 Å². The molecule has 2 aromatic rings. The number of hydrogen-bond acceptors (Lipinski definition) is 6. The van der Waals surface area contributed by atoms with Crippen molar-refractivity contribution in [2.45, 2.75) is 0 Å². The lowest BCUT2D eigenvalue weighted by Gasteiger charge is -2.05. The summed E-state index contributed by atoms with van der Waals surface area (Å²) in [4.78, 5) is 15.6. The molecule has 8 heteroatoms. The zero-order chi connectivity index (χ0) is 14.7. The van der Waals surface area contributed by atoms with Gasteiger partial charge in [-0.15, -0.1) is 0 Å². The molecule has 1 N–H and O–H groups in total. The number of halogens is 2. The minimum atomic E-state index is -0.572. The largest absolute Gasteiger partial charge is 0.497 e. The van der Waals surface area contributed by atoms with Crippen LogP contribution >= 0.6 is 22.9 Å². The molecule has 0 bridgehead atoms. The number of benzene rings is 1. The first-order valence-electron chi connectivity index (χ1n) is 5.39. The SMILES string of the molecule is COC(=O)c1sc(Nc2cc(F)cc(OC)c2)nc1Cl. The Morgan fingerprint density at radius 1 is 1.40 bits per heavy atom. The number of anilines is 2. The van der Waals surface area contributed by atoms with Gasteiger partial charge in [0.25, 0.3) is 0 Å². The first-order valence-corrected chi connectivity index (χ1v) is 6.59. The third-order valence-electron chi connectivity index (χ3n) is 2.31. The number of thiazole rings is 1. The molecular formula is C12H10ClFN2O3S. The summed E-state index contributed by atoms with van der Waals surface area (Å²) in [5, 5.41) is 3.24. The van der Waals surface area contributed by atoms with Gasteiger partial charge in [-0.25, -0.2) is 14.2 Å². The van der Waals surface area contributed by atoms with Crippen molar-refractivity contribution in [3.63, 3.8) is 0 Å². The van der Waals surface area contributed by atoms with Crippen molar-refractivity contribution in [2.75, 3.05) is 19.5 Å². The van der Waals surface area contributed by atoms with Crippen molar-refractivity contribution in [2.24, 2.45) is 0 Å². The summed E-state index contributed by atoms with van der Waals surface area (Å²) in [6.07, 6.45) is 0. The molecule has 1 aromatic carbocycles. The van der Waals surface area contributed by atoms with E-state index in [1.807, 2.05) is 0 Å². The third-order valence-corrected chi connectivity index (χ3v) is 3.65. The molecule has 0 atom stereocenters. The van der Waals surface area contributed by atoms with E-state index in [9.17, 15) is 9.18 Å². The normalized spacial score (nSPS) is 10.2. The van der Waals surface area contributed by atoms with E-state index in [0.29, 0.717) is 16.6 Å². The van der Waals surface area contributed by atoms with Crippen LogP contribution in [0.25, 0.3) is 0 Å². The molecule has 5 nitrogen and oxygen atoms in total. The number of rotatable bonds is 4. The number of ether oxygens (including phenoxy) is 2. The minimum Gasteiger partial charge on any atom is -0.497 e. The van der Waals surface area contributed by atoms with Crippen molar-refractivity contribution in [3.8, 4) is 5.75 Å². The van der Waals surface area contributed by atoms with E-state index >= 15 is 0 Å². The maximum absolute atomic E-state index is 13.3. The second-order valence-electron chi connectivity index (χ2n) is 3.64. The summed E-state index contributed by atoms with van der Waals surface area (Å²) in [6.45, 7) is 0. The quantitative estimate of drug-likeness (QED) is 0.875. The standard InChI is InChI=1S/C12H10ClFN2O3S/c1-18-8-4-6(14)3-7(5-8)15-12-16-10(13)9(20-12)11(17)19-2/h3-5H,1-2H3,(H,15,16). The number of carbonyl (C=O) groups is 1. The van der Waals surface area contributed by atoms with E-state index in [4.69, 9.17) is 16.3 Å². The second-order valence-corrected chi connectivity index (χ2v) is 4.99. The van der Waals surface area contributed by atoms with Crippen molar-refractivity contribution < 1.29 is 18.7 Å². The predicted molar refractivity (Wildman–Crippen MR) is 74.7 cm³/mol. The van der Waals surface area contributed by atoms with Gasteiger partial charge in [0.2, 0.25) is 0 Å². The van der Waals surface area contributed by atoms with Crippen LogP contribution in [0.2, 0.25) is 5.15 Å². The molecule has 0 fully saturated rings. The smallest absolute Gasteiger partial charge is 0.351 e. The molecule has 106 valence electrons. The number of esters is 1. The number of nitrogens with zero attached hydrogens (tertiary/aromatic N) is 1. The number of methoxy groups -OCH3 is 2. The predicted octanol–water partition coefficient (Wildman–Crippen LogP) is 3.47. The highest BCUT2D eigenvalue weighted by Crippen LogP contribution is 2.31. The summed E-state index contributed by atoms with van der Waals surface area (Å²) in [5.41, 5.74) is 0.434. The van der Waals surface area contributed by atoms with Crippen molar-refractivity contribution in [3.05, 3.63) is 34.0 Å². The fraction of sp³-hybridized carbons (Fsp3) is 0.167. The number of aromatic nitrogens is 1. The molecule has 0 saturated heterocycles. The Balaban J connectivity index is 2.26.